The summed E-state index contributed by atoms with van der Waals surface area (Å²) in [6.45, 7) is 8.19. The van der Waals surface area contributed by atoms with E-state index in [-0.39, 0.29) is 6.10 Å². The van der Waals surface area contributed by atoms with Gasteiger partial charge in [0.05, 0.1) is 23.9 Å². The third-order valence-electron chi connectivity index (χ3n) is 3.85. The lowest BCUT2D eigenvalue weighted by molar-refractivity contribution is 0.208. The van der Waals surface area contributed by atoms with Crippen LogP contribution in [-0.4, -0.2) is 19.4 Å². The second kappa shape index (κ2) is 8.20. The van der Waals surface area contributed by atoms with E-state index >= 15 is 0 Å². The van der Waals surface area contributed by atoms with Crippen LogP contribution < -0.4 is 9.47 Å². The fourth-order valence-electron chi connectivity index (χ4n) is 2.31. The molecule has 0 saturated carbocycles. The first-order valence-electron chi connectivity index (χ1n) is 8.10. The van der Waals surface area contributed by atoms with Crippen LogP contribution in [0.3, 0.4) is 0 Å². The number of ether oxygens (including phenoxy) is 2. The third kappa shape index (κ3) is 4.51. The SMILES string of the molecule is CC[C@H](C)Oc1c(Cl)cc(C=Nc2ccc(C)cc2C)cc1OC. The van der Waals surface area contributed by atoms with E-state index < -0.39 is 0 Å². The Morgan fingerprint density at radius 2 is 1.96 bits per heavy atom. The summed E-state index contributed by atoms with van der Waals surface area (Å²) in [5, 5.41) is 0.525. The molecule has 0 aliphatic heterocycles. The number of halogens is 1. The molecule has 0 bridgehead atoms. The highest BCUT2D eigenvalue weighted by Crippen LogP contribution is 2.37. The van der Waals surface area contributed by atoms with Gasteiger partial charge in [0.15, 0.2) is 11.5 Å². The van der Waals surface area contributed by atoms with Gasteiger partial charge in [0.2, 0.25) is 0 Å². The summed E-state index contributed by atoms with van der Waals surface area (Å²) in [7, 11) is 1.61. The van der Waals surface area contributed by atoms with Crippen molar-refractivity contribution in [2.24, 2.45) is 4.99 Å². The Labute approximate surface area is 149 Å². The number of hydrogen-bond donors (Lipinski definition) is 0. The molecule has 24 heavy (non-hydrogen) atoms. The van der Waals surface area contributed by atoms with Crippen LogP contribution in [0.15, 0.2) is 35.3 Å². The molecule has 0 amide bonds. The van der Waals surface area contributed by atoms with Crippen molar-refractivity contribution in [3.8, 4) is 11.5 Å². The number of nitrogens with zero attached hydrogens (tertiary/aromatic N) is 1. The van der Waals surface area contributed by atoms with Gasteiger partial charge in [-0.15, -0.1) is 0 Å². The summed E-state index contributed by atoms with van der Waals surface area (Å²) in [5.74, 6) is 1.20. The average molecular weight is 346 g/mol. The highest BCUT2D eigenvalue weighted by molar-refractivity contribution is 6.32. The predicted molar refractivity (Wildman–Crippen MR) is 102 cm³/mol. The van der Waals surface area contributed by atoms with Gasteiger partial charge in [-0.3, -0.25) is 4.99 Å². The zero-order valence-corrected chi connectivity index (χ0v) is 15.6. The first-order chi connectivity index (χ1) is 11.4. The molecular formula is C20H24ClNO2. The summed E-state index contributed by atoms with van der Waals surface area (Å²) >= 11 is 6.38. The molecule has 3 nitrogen and oxygen atoms in total. The van der Waals surface area contributed by atoms with Gasteiger partial charge in [0, 0.05) is 6.21 Å². The Balaban J connectivity index is 2.31. The Kier molecular flexibility index (Phi) is 6.27. The van der Waals surface area contributed by atoms with Gasteiger partial charge in [-0.1, -0.05) is 36.2 Å². The Morgan fingerprint density at radius 1 is 1.21 bits per heavy atom. The van der Waals surface area contributed by atoms with Crippen LogP contribution in [0.25, 0.3) is 0 Å². The lowest BCUT2D eigenvalue weighted by Gasteiger charge is -2.17. The van der Waals surface area contributed by atoms with Gasteiger partial charge >= 0.3 is 0 Å². The van der Waals surface area contributed by atoms with E-state index in [9.17, 15) is 0 Å². The normalized spacial score (nSPS) is 12.4. The van der Waals surface area contributed by atoms with Crippen LogP contribution in [0.4, 0.5) is 5.69 Å². The second-order valence-corrected chi connectivity index (χ2v) is 6.33. The molecule has 1 atom stereocenters. The lowest BCUT2D eigenvalue weighted by Crippen LogP contribution is -2.11. The van der Waals surface area contributed by atoms with Gasteiger partial charge in [0.25, 0.3) is 0 Å². The first-order valence-corrected chi connectivity index (χ1v) is 8.48. The number of aliphatic imine (C=N–C) groups is 1. The van der Waals surface area contributed by atoms with Crippen LogP contribution in [0.5, 0.6) is 11.5 Å². The zero-order valence-electron chi connectivity index (χ0n) is 14.9. The Bertz CT molecular complexity index is 741. The molecule has 128 valence electrons. The summed E-state index contributed by atoms with van der Waals surface area (Å²) in [4.78, 5) is 4.56. The molecule has 2 aromatic carbocycles. The molecule has 0 spiro atoms. The van der Waals surface area contributed by atoms with Crippen LogP contribution in [0.2, 0.25) is 5.02 Å². The van der Waals surface area contributed by atoms with Gasteiger partial charge in [0.1, 0.15) is 0 Å². The zero-order chi connectivity index (χ0) is 17.7. The number of hydrogen-bond acceptors (Lipinski definition) is 3. The minimum atomic E-state index is 0.0751. The quantitative estimate of drug-likeness (QED) is 0.611. The van der Waals surface area contributed by atoms with E-state index in [1.165, 1.54) is 5.56 Å². The lowest BCUT2D eigenvalue weighted by atomic mass is 10.1. The van der Waals surface area contributed by atoms with Crippen LogP contribution >= 0.6 is 11.6 Å². The number of aryl methyl sites for hydroxylation is 2. The second-order valence-electron chi connectivity index (χ2n) is 5.92. The molecule has 0 fully saturated rings. The van der Waals surface area contributed by atoms with Crippen LogP contribution in [0, 0.1) is 13.8 Å². The van der Waals surface area contributed by atoms with Gasteiger partial charge in [-0.2, -0.15) is 0 Å². The summed E-state index contributed by atoms with van der Waals surface area (Å²) in [5.41, 5.74) is 4.17. The molecule has 0 heterocycles. The number of rotatable bonds is 6. The monoisotopic (exact) mass is 345 g/mol. The predicted octanol–water partition coefficient (Wildman–Crippen LogP) is 5.89. The van der Waals surface area contributed by atoms with Crippen molar-refractivity contribution in [3.63, 3.8) is 0 Å². The largest absolute Gasteiger partial charge is 0.493 e. The molecule has 0 unspecified atom stereocenters. The maximum absolute atomic E-state index is 6.38. The molecule has 0 aliphatic carbocycles. The number of methoxy groups -OCH3 is 1. The molecule has 0 aromatic heterocycles. The maximum Gasteiger partial charge on any atom is 0.180 e. The van der Waals surface area contributed by atoms with Crippen molar-refractivity contribution >= 4 is 23.5 Å². The van der Waals surface area contributed by atoms with Crippen molar-refractivity contribution in [1.29, 1.82) is 0 Å². The summed E-state index contributed by atoms with van der Waals surface area (Å²) in [6, 6.07) is 9.91. The fourth-order valence-corrected chi connectivity index (χ4v) is 2.57. The molecule has 0 saturated heterocycles. The molecule has 0 radical (unpaired) electrons. The van der Waals surface area contributed by atoms with Crippen molar-refractivity contribution in [1.82, 2.24) is 0 Å². The van der Waals surface area contributed by atoms with E-state index in [1.54, 1.807) is 13.3 Å². The smallest absolute Gasteiger partial charge is 0.180 e. The molecular weight excluding hydrogens is 322 g/mol. The highest BCUT2D eigenvalue weighted by Gasteiger charge is 2.14. The first kappa shape index (κ1) is 18.3. The maximum atomic E-state index is 6.38. The molecule has 2 rings (SSSR count). The highest BCUT2D eigenvalue weighted by atomic mass is 35.5. The molecule has 2 aromatic rings. The van der Waals surface area contributed by atoms with Crippen molar-refractivity contribution in [2.75, 3.05) is 7.11 Å². The molecule has 4 heteroatoms. The van der Waals surface area contributed by atoms with Gasteiger partial charge in [-0.25, -0.2) is 0 Å². The van der Waals surface area contributed by atoms with E-state index in [4.69, 9.17) is 21.1 Å². The summed E-state index contributed by atoms with van der Waals surface area (Å²) in [6.07, 6.45) is 2.76. The standard InChI is InChI=1S/C20H24ClNO2/c1-6-15(4)24-20-17(21)10-16(11-19(20)23-5)12-22-18-8-7-13(2)9-14(18)3/h7-12,15H,6H2,1-5H3/t15-/m0/s1. The minimum absolute atomic E-state index is 0.0751. The van der Waals surface area contributed by atoms with Crippen molar-refractivity contribution < 1.29 is 9.47 Å². The molecule has 0 aliphatic rings. The van der Waals surface area contributed by atoms with Crippen LogP contribution in [-0.2, 0) is 0 Å². The third-order valence-corrected chi connectivity index (χ3v) is 4.13. The topological polar surface area (TPSA) is 30.8 Å². The van der Waals surface area contributed by atoms with E-state index in [1.807, 2.05) is 25.1 Å². The molecule has 0 N–H and O–H groups in total. The Hall–Kier alpha value is -2.00. The fraction of sp³-hybridized carbons (Fsp3) is 0.350. The van der Waals surface area contributed by atoms with E-state index in [0.717, 1.165) is 23.2 Å². The van der Waals surface area contributed by atoms with E-state index in [2.05, 4.69) is 37.9 Å². The van der Waals surface area contributed by atoms with Gasteiger partial charge in [-0.05, 0) is 56.5 Å². The van der Waals surface area contributed by atoms with Crippen LogP contribution in [0.1, 0.15) is 37.0 Å². The van der Waals surface area contributed by atoms with Gasteiger partial charge < -0.3 is 9.47 Å². The Morgan fingerprint density at radius 3 is 2.58 bits per heavy atom. The average Bonchev–Trinajstić information content (AvgIpc) is 2.55. The van der Waals surface area contributed by atoms with Crippen molar-refractivity contribution in [2.45, 2.75) is 40.2 Å². The number of benzene rings is 2. The van der Waals surface area contributed by atoms with E-state index in [0.29, 0.717) is 16.5 Å². The summed E-state index contributed by atoms with van der Waals surface area (Å²) < 4.78 is 11.3. The van der Waals surface area contributed by atoms with Crippen molar-refractivity contribution in [3.05, 3.63) is 52.0 Å². The minimum Gasteiger partial charge on any atom is -0.493 e.